The van der Waals surface area contributed by atoms with Gasteiger partial charge in [-0.2, -0.15) is 0 Å². The highest BCUT2D eigenvalue weighted by atomic mass is 16.5. The SMILES string of the molecule is COCC1(COC)C=C(C2CCCC2)C(C2CCCC2)=C1. The minimum Gasteiger partial charge on any atom is -0.383 e. The van der Waals surface area contributed by atoms with Crippen LogP contribution in [0.25, 0.3) is 0 Å². The molecule has 0 amide bonds. The molecule has 0 N–H and O–H groups in total. The summed E-state index contributed by atoms with van der Waals surface area (Å²) in [5, 5.41) is 0. The lowest BCUT2D eigenvalue weighted by atomic mass is 9.85. The molecule has 118 valence electrons. The van der Waals surface area contributed by atoms with Crippen LogP contribution in [0, 0.1) is 17.3 Å². The summed E-state index contributed by atoms with van der Waals surface area (Å²) in [6.45, 7) is 1.49. The average molecular weight is 290 g/mol. The number of methoxy groups -OCH3 is 2. The van der Waals surface area contributed by atoms with Gasteiger partial charge in [0.05, 0.1) is 18.6 Å². The highest BCUT2D eigenvalue weighted by Crippen LogP contribution is 2.48. The Labute approximate surface area is 129 Å². The molecule has 0 spiro atoms. The van der Waals surface area contributed by atoms with E-state index < -0.39 is 0 Å². The fourth-order valence-corrected chi connectivity index (χ4v) is 4.75. The third kappa shape index (κ3) is 3.12. The van der Waals surface area contributed by atoms with Crippen LogP contribution in [0.1, 0.15) is 51.4 Å². The standard InChI is InChI=1S/C19H30O2/c1-20-13-19(14-21-2)11-17(15-7-3-4-8-15)18(12-19)16-9-5-6-10-16/h11-12,15-16H,3-10,13-14H2,1-2H3. The highest BCUT2D eigenvalue weighted by Gasteiger charge is 2.38. The van der Waals surface area contributed by atoms with E-state index in [1.165, 1.54) is 51.4 Å². The van der Waals surface area contributed by atoms with Crippen molar-refractivity contribution in [2.45, 2.75) is 51.4 Å². The minimum atomic E-state index is -0.0145. The molecule has 0 atom stereocenters. The summed E-state index contributed by atoms with van der Waals surface area (Å²) in [5.41, 5.74) is 3.31. The molecule has 0 unspecified atom stereocenters. The van der Waals surface area contributed by atoms with E-state index in [2.05, 4.69) is 12.2 Å². The molecule has 2 fully saturated rings. The van der Waals surface area contributed by atoms with E-state index >= 15 is 0 Å². The molecule has 0 heterocycles. The fraction of sp³-hybridized carbons (Fsp3) is 0.789. The maximum Gasteiger partial charge on any atom is 0.0610 e. The van der Waals surface area contributed by atoms with Crippen LogP contribution in [-0.2, 0) is 9.47 Å². The van der Waals surface area contributed by atoms with E-state index in [-0.39, 0.29) is 5.41 Å². The van der Waals surface area contributed by atoms with Gasteiger partial charge < -0.3 is 9.47 Å². The van der Waals surface area contributed by atoms with Crippen molar-refractivity contribution in [1.29, 1.82) is 0 Å². The molecule has 0 radical (unpaired) electrons. The number of rotatable bonds is 6. The van der Waals surface area contributed by atoms with Gasteiger partial charge >= 0.3 is 0 Å². The monoisotopic (exact) mass is 290 g/mol. The third-order valence-corrected chi connectivity index (χ3v) is 5.64. The van der Waals surface area contributed by atoms with E-state index in [1.807, 2.05) is 14.2 Å². The Kier molecular flexibility index (Phi) is 4.85. The Hall–Kier alpha value is -0.600. The van der Waals surface area contributed by atoms with Gasteiger partial charge in [-0.05, 0) is 48.7 Å². The number of hydrogen-bond acceptors (Lipinski definition) is 2. The van der Waals surface area contributed by atoms with Crippen molar-refractivity contribution in [2.75, 3.05) is 27.4 Å². The maximum atomic E-state index is 5.53. The van der Waals surface area contributed by atoms with Gasteiger partial charge in [-0.1, -0.05) is 37.8 Å². The molecule has 0 aliphatic heterocycles. The lowest BCUT2D eigenvalue weighted by Crippen LogP contribution is -2.26. The molecule has 0 aromatic heterocycles. The van der Waals surface area contributed by atoms with Crippen LogP contribution in [0.3, 0.4) is 0 Å². The Balaban J connectivity index is 1.90. The Morgan fingerprint density at radius 3 is 1.52 bits per heavy atom. The van der Waals surface area contributed by atoms with E-state index in [4.69, 9.17) is 9.47 Å². The van der Waals surface area contributed by atoms with Gasteiger partial charge in [0.15, 0.2) is 0 Å². The van der Waals surface area contributed by atoms with Crippen molar-refractivity contribution in [3.05, 3.63) is 23.3 Å². The smallest absolute Gasteiger partial charge is 0.0610 e. The zero-order valence-electron chi connectivity index (χ0n) is 13.7. The second kappa shape index (κ2) is 6.66. The highest BCUT2D eigenvalue weighted by molar-refractivity contribution is 5.46. The van der Waals surface area contributed by atoms with Crippen molar-refractivity contribution >= 4 is 0 Å². The summed E-state index contributed by atoms with van der Waals surface area (Å²) >= 11 is 0. The van der Waals surface area contributed by atoms with Gasteiger partial charge in [-0.15, -0.1) is 0 Å². The first-order chi connectivity index (χ1) is 10.3. The normalized spacial score (nSPS) is 26.4. The van der Waals surface area contributed by atoms with Crippen molar-refractivity contribution < 1.29 is 9.47 Å². The van der Waals surface area contributed by atoms with Gasteiger partial charge in [0.1, 0.15) is 0 Å². The third-order valence-electron chi connectivity index (χ3n) is 5.64. The topological polar surface area (TPSA) is 18.5 Å². The number of ether oxygens (including phenoxy) is 2. The molecule has 21 heavy (non-hydrogen) atoms. The second-order valence-corrected chi connectivity index (χ2v) is 7.26. The van der Waals surface area contributed by atoms with Crippen molar-refractivity contribution in [1.82, 2.24) is 0 Å². The fourth-order valence-electron chi connectivity index (χ4n) is 4.75. The molecule has 3 aliphatic rings. The predicted molar refractivity (Wildman–Crippen MR) is 86.3 cm³/mol. The molecule has 2 nitrogen and oxygen atoms in total. The average Bonchev–Trinajstić information content (AvgIpc) is 3.20. The summed E-state index contributed by atoms with van der Waals surface area (Å²) in [5.74, 6) is 1.60. The summed E-state index contributed by atoms with van der Waals surface area (Å²) < 4.78 is 11.1. The van der Waals surface area contributed by atoms with Crippen LogP contribution < -0.4 is 0 Å². The van der Waals surface area contributed by atoms with Crippen LogP contribution in [0.5, 0.6) is 0 Å². The Morgan fingerprint density at radius 2 is 1.19 bits per heavy atom. The molecular formula is C19H30O2. The van der Waals surface area contributed by atoms with Crippen LogP contribution in [0.15, 0.2) is 23.3 Å². The summed E-state index contributed by atoms with van der Waals surface area (Å²) in [7, 11) is 3.61. The summed E-state index contributed by atoms with van der Waals surface area (Å²) in [6, 6.07) is 0. The Morgan fingerprint density at radius 1 is 0.810 bits per heavy atom. The van der Waals surface area contributed by atoms with Crippen LogP contribution in [0.2, 0.25) is 0 Å². The van der Waals surface area contributed by atoms with Gasteiger partial charge in [0, 0.05) is 14.2 Å². The first-order valence-corrected chi connectivity index (χ1v) is 8.72. The minimum absolute atomic E-state index is 0.0145. The predicted octanol–water partition coefficient (Wildman–Crippen LogP) is 4.51. The second-order valence-electron chi connectivity index (χ2n) is 7.26. The van der Waals surface area contributed by atoms with Crippen LogP contribution >= 0.6 is 0 Å². The van der Waals surface area contributed by atoms with E-state index in [9.17, 15) is 0 Å². The van der Waals surface area contributed by atoms with Crippen LogP contribution in [0.4, 0.5) is 0 Å². The van der Waals surface area contributed by atoms with Crippen molar-refractivity contribution in [2.24, 2.45) is 17.3 Å². The van der Waals surface area contributed by atoms with Gasteiger partial charge in [0.2, 0.25) is 0 Å². The van der Waals surface area contributed by atoms with E-state index in [0.29, 0.717) is 0 Å². The molecule has 2 heteroatoms. The largest absolute Gasteiger partial charge is 0.383 e. The zero-order chi connectivity index (χ0) is 14.7. The van der Waals surface area contributed by atoms with E-state index in [1.54, 1.807) is 11.1 Å². The van der Waals surface area contributed by atoms with Gasteiger partial charge in [-0.3, -0.25) is 0 Å². The Bertz CT molecular complexity index is 369. The van der Waals surface area contributed by atoms with Crippen molar-refractivity contribution in [3.8, 4) is 0 Å². The number of allylic oxidation sites excluding steroid dienone is 2. The molecule has 0 saturated heterocycles. The van der Waals surface area contributed by atoms with Gasteiger partial charge in [-0.25, -0.2) is 0 Å². The molecule has 0 bridgehead atoms. The maximum absolute atomic E-state index is 5.53. The molecule has 0 aromatic carbocycles. The quantitative estimate of drug-likeness (QED) is 0.716. The first kappa shape index (κ1) is 15.3. The lowest BCUT2D eigenvalue weighted by Gasteiger charge is -2.23. The summed E-state index contributed by atoms with van der Waals surface area (Å²) in [6.07, 6.45) is 16.2. The lowest BCUT2D eigenvalue weighted by molar-refractivity contribution is 0.0683. The van der Waals surface area contributed by atoms with Crippen molar-refractivity contribution in [3.63, 3.8) is 0 Å². The van der Waals surface area contributed by atoms with Crippen LogP contribution in [-0.4, -0.2) is 27.4 Å². The molecular weight excluding hydrogens is 260 g/mol. The molecule has 3 aliphatic carbocycles. The van der Waals surface area contributed by atoms with Gasteiger partial charge in [0.25, 0.3) is 0 Å². The molecule has 3 rings (SSSR count). The number of hydrogen-bond donors (Lipinski definition) is 0. The molecule has 2 saturated carbocycles. The first-order valence-electron chi connectivity index (χ1n) is 8.72. The summed E-state index contributed by atoms with van der Waals surface area (Å²) in [4.78, 5) is 0. The van der Waals surface area contributed by atoms with E-state index in [0.717, 1.165) is 25.0 Å². The molecule has 0 aromatic rings. The zero-order valence-corrected chi connectivity index (χ0v) is 13.7.